The minimum absolute atomic E-state index is 0.374. The van der Waals surface area contributed by atoms with Gasteiger partial charge in [-0.3, -0.25) is 14.4 Å². The molecule has 24 heavy (non-hydrogen) atoms. The van der Waals surface area contributed by atoms with E-state index in [9.17, 15) is 14.4 Å². The molecule has 1 heterocycles. The van der Waals surface area contributed by atoms with E-state index in [0.717, 1.165) is 11.6 Å². The SMILES string of the molecule is CC12CCC(C(=O)Nc3ccc(Br)cn3)(C(=O)C1=O)C2(C)C.CO. The van der Waals surface area contributed by atoms with Gasteiger partial charge in [0.05, 0.1) is 0 Å². The van der Waals surface area contributed by atoms with Crippen molar-refractivity contribution in [1.82, 2.24) is 4.98 Å². The molecule has 2 bridgehead atoms. The van der Waals surface area contributed by atoms with E-state index in [1.807, 2.05) is 13.8 Å². The number of carbonyl (C=O) groups is 3. The van der Waals surface area contributed by atoms with Crippen LogP contribution in [0.3, 0.4) is 0 Å². The Morgan fingerprint density at radius 2 is 1.79 bits per heavy atom. The minimum Gasteiger partial charge on any atom is -0.400 e. The summed E-state index contributed by atoms with van der Waals surface area (Å²) >= 11 is 3.28. The molecule has 7 heteroatoms. The topological polar surface area (TPSA) is 96.4 Å². The number of hydrogen-bond acceptors (Lipinski definition) is 5. The number of nitrogens with zero attached hydrogens (tertiary/aromatic N) is 1. The lowest BCUT2D eigenvalue weighted by Gasteiger charge is -2.36. The van der Waals surface area contributed by atoms with E-state index in [1.54, 1.807) is 25.3 Å². The van der Waals surface area contributed by atoms with Gasteiger partial charge in [0.2, 0.25) is 17.5 Å². The standard InChI is InChI=1S/C16H17BrN2O3.CH4O/c1-14(2)15(3)6-7-16(14,12(21)11(15)20)13(22)19-10-5-4-9(17)8-18-10;1-2/h4-5,8H,6-7H2,1-3H3,(H,18,19,22);2H,1H3. The number of anilines is 1. The second-order valence-corrected chi connectivity index (χ2v) is 7.75. The van der Waals surface area contributed by atoms with E-state index in [1.165, 1.54) is 0 Å². The molecular weight excluding hydrogens is 376 g/mol. The van der Waals surface area contributed by atoms with Crippen LogP contribution in [0.15, 0.2) is 22.8 Å². The summed E-state index contributed by atoms with van der Waals surface area (Å²) in [6.45, 7) is 5.49. The maximum Gasteiger partial charge on any atom is 0.240 e. The van der Waals surface area contributed by atoms with Crippen LogP contribution in [0.5, 0.6) is 0 Å². The summed E-state index contributed by atoms with van der Waals surface area (Å²) in [6.07, 6.45) is 2.54. The van der Waals surface area contributed by atoms with Crippen LogP contribution < -0.4 is 5.32 Å². The molecule has 130 valence electrons. The summed E-state index contributed by atoms with van der Waals surface area (Å²) in [5, 5.41) is 9.71. The Kier molecular flexibility index (Phi) is 4.71. The first-order valence-corrected chi connectivity index (χ1v) is 8.43. The summed E-state index contributed by atoms with van der Waals surface area (Å²) in [5.41, 5.74) is -2.74. The molecule has 2 atom stereocenters. The van der Waals surface area contributed by atoms with Crippen LogP contribution in [0.2, 0.25) is 0 Å². The first kappa shape index (κ1) is 18.7. The summed E-state index contributed by atoms with van der Waals surface area (Å²) in [4.78, 5) is 41.9. The lowest BCUT2D eigenvalue weighted by atomic mass is 9.64. The van der Waals surface area contributed by atoms with Gasteiger partial charge in [-0.2, -0.15) is 0 Å². The van der Waals surface area contributed by atoms with Gasteiger partial charge in [-0.15, -0.1) is 0 Å². The number of amides is 1. The third-order valence-corrected chi connectivity index (χ3v) is 6.37. The number of pyridine rings is 1. The van der Waals surface area contributed by atoms with Crippen molar-refractivity contribution >= 4 is 39.2 Å². The number of aromatic nitrogens is 1. The molecular formula is C17H21BrN2O4. The molecule has 2 saturated carbocycles. The first-order valence-electron chi connectivity index (χ1n) is 7.64. The van der Waals surface area contributed by atoms with Gasteiger partial charge in [0.25, 0.3) is 0 Å². The average molecular weight is 397 g/mol. The van der Waals surface area contributed by atoms with Gasteiger partial charge >= 0.3 is 0 Å². The number of fused-ring (bicyclic) bond motifs is 2. The Bertz CT molecular complexity index is 701. The Morgan fingerprint density at radius 3 is 2.25 bits per heavy atom. The van der Waals surface area contributed by atoms with Crippen molar-refractivity contribution in [3.05, 3.63) is 22.8 Å². The molecule has 0 spiro atoms. The molecule has 2 aliphatic carbocycles. The van der Waals surface area contributed by atoms with Gasteiger partial charge in [0, 0.05) is 23.2 Å². The molecule has 2 fully saturated rings. The second-order valence-electron chi connectivity index (χ2n) is 6.84. The monoisotopic (exact) mass is 396 g/mol. The Morgan fingerprint density at radius 1 is 1.17 bits per heavy atom. The predicted molar refractivity (Wildman–Crippen MR) is 92.3 cm³/mol. The second kappa shape index (κ2) is 6.04. The highest BCUT2D eigenvalue weighted by molar-refractivity contribution is 9.10. The van der Waals surface area contributed by atoms with Crippen LogP contribution in [0.4, 0.5) is 5.82 Å². The fourth-order valence-electron chi connectivity index (χ4n) is 3.95. The number of nitrogens with one attached hydrogen (secondary N) is 1. The third kappa shape index (κ3) is 2.18. The number of rotatable bonds is 2. The maximum atomic E-state index is 12.9. The molecule has 3 rings (SSSR count). The van der Waals surface area contributed by atoms with Crippen molar-refractivity contribution in [2.24, 2.45) is 16.2 Å². The van der Waals surface area contributed by atoms with Gasteiger partial charge in [-0.05, 0) is 46.3 Å². The van der Waals surface area contributed by atoms with E-state index in [2.05, 4.69) is 26.2 Å². The van der Waals surface area contributed by atoms with Crippen molar-refractivity contribution in [2.75, 3.05) is 12.4 Å². The van der Waals surface area contributed by atoms with Crippen molar-refractivity contribution in [3.8, 4) is 0 Å². The van der Waals surface area contributed by atoms with E-state index in [0.29, 0.717) is 18.7 Å². The zero-order chi connectivity index (χ0) is 18.3. The first-order chi connectivity index (χ1) is 11.2. The molecule has 0 aromatic carbocycles. The van der Waals surface area contributed by atoms with Crippen LogP contribution in [-0.2, 0) is 14.4 Å². The molecule has 0 radical (unpaired) electrons. The lowest BCUT2D eigenvalue weighted by Crippen LogP contribution is -2.47. The fraction of sp³-hybridized carbons (Fsp3) is 0.529. The molecule has 0 aliphatic heterocycles. The zero-order valence-corrected chi connectivity index (χ0v) is 15.7. The highest BCUT2D eigenvalue weighted by atomic mass is 79.9. The quantitative estimate of drug-likeness (QED) is 0.590. The van der Waals surface area contributed by atoms with Gasteiger partial charge in [0.1, 0.15) is 11.2 Å². The highest BCUT2D eigenvalue weighted by Gasteiger charge is 2.77. The van der Waals surface area contributed by atoms with E-state index in [-0.39, 0.29) is 0 Å². The Labute approximate surface area is 149 Å². The van der Waals surface area contributed by atoms with Crippen LogP contribution >= 0.6 is 15.9 Å². The number of Topliss-reactive ketones (excluding diaryl/α,β-unsaturated/α-hetero) is 2. The van der Waals surface area contributed by atoms with Gasteiger partial charge in [-0.25, -0.2) is 4.98 Å². The minimum atomic E-state index is -1.28. The number of ketones is 2. The average Bonchev–Trinajstić information content (AvgIpc) is 2.83. The Hall–Kier alpha value is -1.60. The van der Waals surface area contributed by atoms with Crippen molar-refractivity contribution < 1.29 is 19.5 Å². The van der Waals surface area contributed by atoms with Gasteiger partial charge < -0.3 is 10.4 Å². The molecule has 2 unspecified atom stereocenters. The molecule has 6 nitrogen and oxygen atoms in total. The fourth-order valence-corrected chi connectivity index (χ4v) is 4.18. The zero-order valence-electron chi connectivity index (χ0n) is 14.1. The van der Waals surface area contributed by atoms with Gasteiger partial charge in [0.15, 0.2) is 0 Å². The summed E-state index contributed by atoms with van der Waals surface area (Å²) in [7, 11) is 1.00. The summed E-state index contributed by atoms with van der Waals surface area (Å²) in [5.74, 6) is -1.02. The molecule has 1 amide bonds. The largest absolute Gasteiger partial charge is 0.400 e. The number of carbonyl (C=O) groups excluding carboxylic acids is 3. The molecule has 1 aromatic rings. The molecule has 1 aromatic heterocycles. The maximum absolute atomic E-state index is 12.9. The van der Waals surface area contributed by atoms with E-state index in [4.69, 9.17) is 5.11 Å². The van der Waals surface area contributed by atoms with Crippen molar-refractivity contribution in [3.63, 3.8) is 0 Å². The molecule has 2 aliphatic rings. The van der Waals surface area contributed by atoms with Crippen molar-refractivity contribution in [1.29, 1.82) is 0 Å². The number of aliphatic hydroxyl groups is 1. The lowest BCUT2D eigenvalue weighted by molar-refractivity contribution is -0.147. The summed E-state index contributed by atoms with van der Waals surface area (Å²) < 4.78 is 0.796. The van der Waals surface area contributed by atoms with Crippen LogP contribution in [0.1, 0.15) is 33.6 Å². The normalized spacial score (nSPS) is 29.9. The van der Waals surface area contributed by atoms with Gasteiger partial charge in [-0.1, -0.05) is 20.8 Å². The van der Waals surface area contributed by atoms with E-state index < -0.39 is 33.7 Å². The number of aliphatic hydroxyl groups excluding tert-OH is 1. The highest BCUT2D eigenvalue weighted by Crippen LogP contribution is 2.69. The van der Waals surface area contributed by atoms with E-state index >= 15 is 0 Å². The van der Waals surface area contributed by atoms with Crippen LogP contribution in [-0.4, -0.2) is 34.7 Å². The third-order valence-electron chi connectivity index (χ3n) is 5.90. The summed E-state index contributed by atoms with van der Waals surface area (Å²) in [6, 6.07) is 3.41. The molecule has 0 saturated heterocycles. The molecule has 2 N–H and O–H groups in total. The number of halogens is 1. The van der Waals surface area contributed by atoms with Crippen LogP contribution in [0, 0.1) is 16.2 Å². The predicted octanol–water partition coefficient (Wildman–Crippen LogP) is 2.36. The van der Waals surface area contributed by atoms with Crippen molar-refractivity contribution in [2.45, 2.75) is 33.6 Å². The number of hydrogen-bond donors (Lipinski definition) is 2. The van der Waals surface area contributed by atoms with Crippen LogP contribution in [0.25, 0.3) is 0 Å². The smallest absolute Gasteiger partial charge is 0.240 e. The Balaban J connectivity index is 0.00000100.